The summed E-state index contributed by atoms with van der Waals surface area (Å²) in [5.74, 6) is -0.993. The van der Waals surface area contributed by atoms with Crippen molar-refractivity contribution in [2.45, 2.75) is 38.8 Å². The van der Waals surface area contributed by atoms with Crippen LogP contribution in [0.15, 0.2) is 18.2 Å². The molecule has 0 radical (unpaired) electrons. The Bertz CT molecular complexity index is 410. The van der Waals surface area contributed by atoms with Gasteiger partial charge in [-0.2, -0.15) is 0 Å². The third-order valence-corrected chi connectivity index (χ3v) is 4.30. The molecule has 1 fully saturated rings. The van der Waals surface area contributed by atoms with Crippen molar-refractivity contribution in [1.82, 2.24) is 10.2 Å². The molecule has 1 aromatic rings. The molecule has 1 heterocycles. The Labute approximate surface area is 113 Å². The van der Waals surface area contributed by atoms with Crippen LogP contribution in [0.5, 0.6) is 0 Å². The van der Waals surface area contributed by atoms with Crippen LogP contribution >= 0.6 is 0 Å². The zero-order chi connectivity index (χ0) is 13.9. The number of hydrogen-bond acceptors (Lipinski definition) is 2. The van der Waals surface area contributed by atoms with Gasteiger partial charge in [-0.15, -0.1) is 0 Å². The van der Waals surface area contributed by atoms with E-state index < -0.39 is 11.6 Å². The standard InChI is InChI=1S/C15H22F2N2/c1-3-15(4-2)11-18-5-6-19(15)10-12-7-13(16)9-14(17)8-12/h7-9,18H,3-6,10-11H2,1-2H3. The maximum Gasteiger partial charge on any atom is 0.126 e. The van der Waals surface area contributed by atoms with E-state index in [1.165, 1.54) is 12.1 Å². The normalized spacial score (nSPS) is 19.6. The minimum atomic E-state index is -0.497. The zero-order valence-corrected chi connectivity index (χ0v) is 11.7. The molecule has 0 atom stereocenters. The lowest BCUT2D eigenvalue weighted by atomic mass is 9.88. The smallest absolute Gasteiger partial charge is 0.126 e. The highest BCUT2D eigenvalue weighted by atomic mass is 19.1. The van der Waals surface area contributed by atoms with Gasteiger partial charge in [0.1, 0.15) is 11.6 Å². The van der Waals surface area contributed by atoms with Gasteiger partial charge in [0.2, 0.25) is 0 Å². The van der Waals surface area contributed by atoms with Crippen molar-refractivity contribution < 1.29 is 8.78 Å². The first kappa shape index (κ1) is 14.4. The molecular formula is C15H22F2N2. The molecule has 4 heteroatoms. The lowest BCUT2D eigenvalue weighted by Crippen LogP contribution is -2.60. The molecule has 106 valence electrons. The van der Waals surface area contributed by atoms with E-state index in [1.54, 1.807) is 0 Å². The Morgan fingerprint density at radius 3 is 2.37 bits per heavy atom. The number of nitrogens with one attached hydrogen (secondary N) is 1. The van der Waals surface area contributed by atoms with E-state index in [2.05, 4.69) is 24.1 Å². The topological polar surface area (TPSA) is 15.3 Å². The number of piperazine rings is 1. The summed E-state index contributed by atoms with van der Waals surface area (Å²) in [6.45, 7) is 7.75. The van der Waals surface area contributed by atoms with Crippen molar-refractivity contribution in [3.05, 3.63) is 35.4 Å². The van der Waals surface area contributed by atoms with Crippen molar-refractivity contribution in [3.8, 4) is 0 Å². The van der Waals surface area contributed by atoms with E-state index >= 15 is 0 Å². The Morgan fingerprint density at radius 2 is 1.79 bits per heavy atom. The van der Waals surface area contributed by atoms with Gasteiger partial charge in [-0.05, 0) is 30.5 Å². The van der Waals surface area contributed by atoms with Crippen molar-refractivity contribution in [1.29, 1.82) is 0 Å². The summed E-state index contributed by atoms with van der Waals surface area (Å²) in [7, 11) is 0. The van der Waals surface area contributed by atoms with E-state index in [0.717, 1.165) is 38.5 Å². The van der Waals surface area contributed by atoms with Crippen molar-refractivity contribution in [3.63, 3.8) is 0 Å². The van der Waals surface area contributed by atoms with Gasteiger partial charge in [-0.25, -0.2) is 8.78 Å². The fraction of sp³-hybridized carbons (Fsp3) is 0.600. The van der Waals surface area contributed by atoms with Crippen LogP contribution < -0.4 is 5.32 Å². The molecular weight excluding hydrogens is 246 g/mol. The molecule has 19 heavy (non-hydrogen) atoms. The molecule has 2 rings (SSSR count). The molecule has 2 nitrogen and oxygen atoms in total. The van der Waals surface area contributed by atoms with Gasteiger partial charge in [0.25, 0.3) is 0 Å². The molecule has 0 spiro atoms. The molecule has 1 aromatic carbocycles. The first-order valence-corrected chi connectivity index (χ1v) is 7.00. The summed E-state index contributed by atoms with van der Waals surface area (Å²) in [5.41, 5.74) is 0.812. The fourth-order valence-corrected chi connectivity index (χ4v) is 3.00. The average molecular weight is 268 g/mol. The lowest BCUT2D eigenvalue weighted by molar-refractivity contribution is 0.0446. The summed E-state index contributed by atoms with van der Waals surface area (Å²) in [6, 6.07) is 3.79. The monoisotopic (exact) mass is 268 g/mol. The van der Waals surface area contributed by atoms with Gasteiger partial charge in [-0.1, -0.05) is 13.8 Å². The van der Waals surface area contributed by atoms with Gasteiger partial charge < -0.3 is 5.32 Å². The Morgan fingerprint density at radius 1 is 1.16 bits per heavy atom. The summed E-state index contributed by atoms with van der Waals surface area (Å²) < 4.78 is 26.5. The molecule has 1 aliphatic heterocycles. The molecule has 1 N–H and O–H groups in total. The first-order chi connectivity index (χ1) is 9.09. The maximum atomic E-state index is 13.3. The van der Waals surface area contributed by atoms with Gasteiger partial charge in [0.05, 0.1) is 0 Å². The zero-order valence-electron chi connectivity index (χ0n) is 11.7. The quantitative estimate of drug-likeness (QED) is 0.903. The number of nitrogens with zero attached hydrogens (tertiary/aromatic N) is 1. The largest absolute Gasteiger partial charge is 0.314 e. The Balaban J connectivity index is 2.19. The third-order valence-electron chi connectivity index (χ3n) is 4.30. The maximum absolute atomic E-state index is 13.3. The van der Waals surface area contributed by atoms with Gasteiger partial charge in [0.15, 0.2) is 0 Å². The molecule has 1 saturated heterocycles. The molecule has 0 bridgehead atoms. The highest BCUT2D eigenvalue weighted by molar-refractivity contribution is 5.18. The molecule has 0 aliphatic carbocycles. The van der Waals surface area contributed by atoms with E-state index in [9.17, 15) is 8.78 Å². The summed E-state index contributed by atoms with van der Waals surface area (Å²) in [4.78, 5) is 2.36. The predicted molar refractivity (Wildman–Crippen MR) is 73.0 cm³/mol. The minimum Gasteiger partial charge on any atom is -0.314 e. The SMILES string of the molecule is CCC1(CC)CNCCN1Cc1cc(F)cc(F)c1. The van der Waals surface area contributed by atoms with Crippen LogP contribution in [-0.2, 0) is 6.54 Å². The number of rotatable bonds is 4. The van der Waals surface area contributed by atoms with Crippen LogP contribution in [-0.4, -0.2) is 30.1 Å². The molecule has 0 unspecified atom stereocenters. The van der Waals surface area contributed by atoms with Crippen LogP contribution in [0.2, 0.25) is 0 Å². The van der Waals surface area contributed by atoms with Crippen molar-refractivity contribution in [2.24, 2.45) is 0 Å². The van der Waals surface area contributed by atoms with Crippen LogP contribution in [0.3, 0.4) is 0 Å². The second kappa shape index (κ2) is 5.97. The molecule has 0 amide bonds. The average Bonchev–Trinajstić information content (AvgIpc) is 2.38. The Kier molecular flexibility index (Phi) is 4.53. The molecule has 0 saturated carbocycles. The summed E-state index contributed by atoms with van der Waals surface area (Å²) in [5, 5.41) is 3.43. The van der Waals surface area contributed by atoms with E-state index in [4.69, 9.17) is 0 Å². The predicted octanol–water partition coefficient (Wildman–Crippen LogP) is 2.93. The Hall–Kier alpha value is -1.00. The van der Waals surface area contributed by atoms with Crippen molar-refractivity contribution in [2.75, 3.05) is 19.6 Å². The molecule has 0 aromatic heterocycles. The van der Waals surface area contributed by atoms with E-state index in [1.807, 2.05) is 0 Å². The highest BCUT2D eigenvalue weighted by Gasteiger charge is 2.35. The minimum absolute atomic E-state index is 0.0983. The second-order valence-electron chi connectivity index (χ2n) is 5.31. The first-order valence-electron chi connectivity index (χ1n) is 7.00. The summed E-state index contributed by atoms with van der Waals surface area (Å²) in [6.07, 6.45) is 2.07. The highest BCUT2D eigenvalue weighted by Crippen LogP contribution is 2.27. The van der Waals surface area contributed by atoms with Gasteiger partial charge in [-0.3, -0.25) is 4.90 Å². The summed E-state index contributed by atoms with van der Waals surface area (Å²) >= 11 is 0. The number of hydrogen-bond donors (Lipinski definition) is 1. The molecule has 1 aliphatic rings. The van der Waals surface area contributed by atoms with Gasteiger partial charge >= 0.3 is 0 Å². The van der Waals surface area contributed by atoms with Crippen LogP contribution in [0.25, 0.3) is 0 Å². The van der Waals surface area contributed by atoms with E-state index in [0.29, 0.717) is 12.1 Å². The fourth-order valence-electron chi connectivity index (χ4n) is 3.00. The van der Waals surface area contributed by atoms with Gasteiger partial charge in [0, 0.05) is 37.8 Å². The van der Waals surface area contributed by atoms with Crippen LogP contribution in [0.1, 0.15) is 32.3 Å². The van der Waals surface area contributed by atoms with Crippen LogP contribution in [0.4, 0.5) is 8.78 Å². The third kappa shape index (κ3) is 3.12. The number of halogens is 2. The van der Waals surface area contributed by atoms with Crippen molar-refractivity contribution >= 4 is 0 Å². The number of benzene rings is 1. The second-order valence-corrected chi connectivity index (χ2v) is 5.31. The van der Waals surface area contributed by atoms with E-state index in [-0.39, 0.29) is 5.54 Å². The van der Waals surface area contributed by atoms with Crippen LogP contribution in [0, 0.1) is 11.6 Å². The lowest BCUT2D eigenvalue weighted by Gasteiger charge is -2.47.